The van der Waals surface area contributed by atoms with Crippen LogP contribution in [0.5, 0.6) is 0 Å². The first-order chi connectivity index (χ1) is 23.0. The topological polar surface area (TPSA) is 194 Å². The van der Waals surface area contributed by atoms with E-state index >= 15 is 0 Å². The van der Waals surface area contributed by atoms with Crippen molar-refractivity contribution in [2.45, 2.75) is 93.6 Å². The predicted octanol–water partition coefficient (Wildman–Crippen LogP) is 1.88. The number of urea groups is 1. The van der Waals surface area contributed by atoms with Crippen LogP contribution in [-0.2, 0) is 30.8 Å². The van der Waals surface area contributed by atoms with Gasteiger partial charge in [-0.05, 0) is 54.9 Å². The highest BCUT2D eigenvalue weighted by atomic mass is 32.2. The summed E-state index contributed by atoms with van der Waals surface area (Å²) >= 11 is 0. The number of likely N-dealkylation sites (tertiary alicyclic amines) is 1. The van der Waals surface area contributed by atoms with E-state index in [2.05, 4.69) is 27.3 Å². The number of fused-ring (bicyclic) bond motifs is 1. The number of carboxylic acids is 1. The van der Waals surface area contributed by atoms with Gasteiger partial charge in [0.05, 0.1) is 11.0 Å². The maximum atomic E-state index is 14.0. The van der Waals surface area contributed by atoms with Gasteiger partial charge in [-0.15, -0.1) is 6.58 Å². The van der Waals surface area contributed by atoms with E-state index in [0.717, 1.165) is 16.0 Å². The van der Waals surface area contributed by atoms with Crippen molar-refractivity contribution in [3.05, 3.63) is 78.4 Å². The van der Waals surface area contributed by atoms with Crippen LogP contribution in [0, 0.1) is 11.3 Å². The van der Waals surface area contributed by atoms with Crippen LogP contribution in [0.15, 0.2) is 72.1 Å². The standard InChI is InChI=1S/C35H45N5O8S/c1-6-22-18-35(22,32(44)45)38-30(42)26-17-23(39-49(47,48)24-13-8-7-9-14-24)19-40(26)33(46)37-29(34(3,4)5)31(43)36-20(2)28-25-15-11-10-12-21(25)16-27(28)41/h6-15,20,22-23,26-29,39,41H,1,16-19H2,2-5H3,(H,36,43)(H,37,46)(H,38,42)(H,44,45)/t20-,22?,23-,26+,27-,28?,29-,35-/m1/s1. The molecule has 1 aliphatic heterocycles. The van der Waals surface area contributed by atoms with Gasteiger partial charge in [0.2, 0.25) is 21.8 Å². The lowest BCUT2D eigenvalue weighted by Crippen LogP contribution is -2.60. The van der Waals surface area contributed by atoms with Crippen molar-refractivity contribution in [1.29, 1.82) is 0 Å². The number of hydrogen-bond donors (Lipinski definition) is 6. The van der Waals surface area contributed by atoms with E-state index in [9.17, 15) is 37.8 Å². The third-order valence-corrected chi connectivity index (χ3v) is 11.4. The van der Waals surface area contributed by atoms with E-state index in [1.54, 1.807) is 45.9 Å². The first-order valence-electron chi connectivity index (χ1n) is 16.4. The Bertz CT molecular complexity index is 1730. The highest BCUT2D eigenvalue weighted by molar-refractivity contribution is 7.89. The molecule has 0 radical (unpaired) electrons. The lowest BCUT2D eigenvalue weighted by Gasteiger charge is -2.35. The van der Waals surface area contributed by atoms with Gasteiger partial charge >= 0.3 is 12.0 Å². The smallest absolute Gasteiger partial charge is 0.330 e. The van der Waals surface area contributed by atoms with E-state index in [4.69, 9.17) is 0 Å². The number of aliphatic carboxylic acids is 1. The number of benzene rings is 2. The number of nitrogens with zero attached hydrogens (tertiary/aromatic N) is 1. The van der Waals surface area contributed by atoms with Crippen molar-refractivity contribution >= 4 is 33.8 Å². The number of aliphatic hydroxyl groups is 1. The molecule has 3 aliphatic rings. The number of aliphatic hydroxyl groups excluding tert-OH is 1. The number of rotatable bonds is 11. The molecule has 2 aromatic rings. The minimum Gasteiger partial charge on any atom is -0.479 e. The van der Waals surface area contributed by atoms with Crippen LogP contribution in [0.3, 0.4) is 0 Å². The van der Waals surface area contributed by atoms with Crippen LogP contribution in [0.4, 0.5) is 4.79 Å². The fraction of sp³-hybridized carbons (Fsp3) is 0.486. The number of carboxylic acid groups (broad SMARTS) is 1. The number of hydrogen-bond acceptors (Lipinski definition) is 7. The van der Waals surface area contributed by atoms with Gasteiger partial charge < -0.3 is 31.1 Å². The van der Waals surface area contributed by atoms with Gasteiger partial charge in [0, 0.05) is 30.5 Å². The molecule has 264 valence electrons. The quantitative estimate of drug-likeness (QED) is 0.192. The van der Waals surface area contributed by atoms with Crippen LogP contribution in [0.1, 0.15) is 57.6 Å². The second kappa shape index (κ2) is 13.6. The molecule has 0 spiro atoms. The van der Waals surface area contributed by atoms with Crippen LogP contribution in [0.25, 0.3) is 0 Å². The summed E-state index contributed by atoms with van der Waals surface area (Å²) in [6, 6.07) is 10.8. The molecule has 5 rings (SSSR count). The number of carbonyl (C=O) groups is 4. The molecule has 1 heterocycles. The second-order valence-electron chi connectivity index (χ2n) is 14.4. The highest BCUT2D eigenvalue weighted by Gasteiger charge is 2.61. The molecule has 0 bridgehead atoms. The van der Waals surface area contributed by atoms with Gasteiger partial charge in [-0.1, -0.05) is 69.3 Å². The molecule has 2 fully saturated rings. The van der Waals surface area contributed by atoms with E-state index in [0.29, 0.717) is 6.42 Å². The second-order valence-corrected chi connectivity index (χ2v) is 16.1. The summed E-state index contributed by atoms with van der Waals surface area (Å²) < 4.78 is 28.9. The minimum atomic E-state index is -4.03. The van der Waals surface area contributed by atoms with Crippen LogP contribution in [0.2, 0.25) is 0 Å². The van der Waals surface area contributed by atoms with Gasteiger partial charge in [0.1, 0.15) is 17.6 Å². The molecule has 8 atom stereocenters. The third kappa shape index (κ3) is 7.36. The van der Waals surface area contributed by atoms with E-state index in [-0.39, 0.29) is 30.2 Å². The Labute approximate surface area is 286 Å². The van der Waals surface area contributed by atoms with Crippen molar-refractivity contribution in [1.82, 2.24) is 25.6 Å². The lowest BCUT2D eigenvalue weighted by atomic mass is 9.85. The number of nitrogens with one attached hydrogen (secondary N) is 4. The molecule has 14 heteroatoms. The molecule has 49 heavy (non-hydrogen) atoms. The monoisotopic (exact) mass is 695 g/mol. The summed E-state index contributed by atoms with van der Waals surface area (Å²) in [6.45, 7) is 10.5. The first-order valence-corrected chi connectivity index (χ1v) is 17.9. The first kappa shape index (κ1) is 36.0. The average molecular weight is 696 g/mol. The van der Waals surface area contributed by atoms with E-state index in [1.807, 2.05) is 24.3 Å². The van der Waals surface area contributed by atoms with Crippen LogP contribution in [-0.4, -0.2) is 89.7 Å². The molecular formula is C35H45N5O8S. The Morgan fingerprint density at radius 3 is 2.31 bits per heavy atom. The summed E-state index contributed by atoms with van der Waals surface area (Å²) in [5.74, 6) is -3.36. The summed E-state index contributed by atoms with van der Waals surface area (Å²) in [5, 5.41) is 29.0. The van der Waals surface area contributed by atoms with E-state index < -0.39 is 81.0 Å². The van der Waals surface area contributed by atoms with Gasteiger partial charge in [0.25, 0.3) is 0 Å². The van der Waals surface area contributed by atoms with Crippen molar-refractivity contribution in [3.63, 3.8) is 0 Å². The van der Waals surface area contributed by atoms with Crippen molar-refractivity contribution < 1.29 is 37.8 Å². The molecule has 2 unspecified atom stereocenters. The number of amides is 4. The number of sulfonamides is 1. The zero-order valence-corrected chi connectivity index (χ0v) is 28.9. The average Bonchev–Trinajstić information content (AvgIpc) is 3.42. The Balaban J connectivity index is 1.36. The zero-order valence-electron chi connectivity index (χ0n) is 28.0. The summed E-state index contributed by atoms with van der Waals surface area (Å²) in [4.78, 5) is 54.8. The molecular weight excluding hydrogens is 650 g/mol. The number of carbonyl (C=O) groups excluding carboxylic acids is 3. The molecule has 0 aromatic heterocycles. The van der Waals surface area contributed by atoms with Crippen LogP contribution < -0.4 is 20.7 Å². The normalized spacial score (nSPS) is 27.4. The molecule has 1 saturated heterocycles. The zero-order chi connectivity index (χ0) is 35.9. The maximum Gasteiger partial charge on any atom is 0.330 e. The molecule has 2 aromatic carbocycles. The molecule has 13 nitrogen and oxygen atoms in total. The van der Waals surface area contributed by atoms with Crippen molar-refractivity contribution in [2.24, 2.45) is 11.3 Å². The van der Waals surface area contributed by atoms with Crippen molar-refractivity contribution in [3.8, 4) is 0 Å². The lowest BCUT2D eigenvalue weighted by molar-refractivity contribution is -0.144. The van der Waals surface area contributed by atoms with Crippen LogP contribution >= 0.6 is 0 Å². The molecule has 4 amide bonds. The third-order valence-electron chi connectivity index (χ3n) is 9.83. The van der Waals surface area contributed by atoms with Gasteiger partial charge in [-0.25, -0.2) is 22.7 Å². The maximum absolute atomic E-state index is 14.0. The Morgan fingerprint density at radius 2 is 1.69 bits per heavy atom. The van der Waals surface area contributed by atoms with Gasteiger partial charge in [-0.3, -0.25) is 9.59 Å². The molecule has 1 saturated carbocycles. The largest absolute Gasteiger partial charge is 0.479 e. The summed E-state index contributed by atoms with van der Waals surface area (Å²) in [6.07, 6.45) is 1.20. The van der Waals surface area contributed by atoms with Gasteiger partial charge in [0.15, 0.2) is 0 Å². The van der Waals surface area contributed by atoms with Gasteiger partial charge in [-0.2, -0.15) is 0 Å². The fourth-order valence-corrected chi connectivity index (χ4v) is 8.35. The Hall–Kier alpha value is -4.27. The predicted molar refractivity (Wildman–Crippen MR) is 181 cm³/mol. The fourth-order valence-electron chi connectivity index (χ4n) is 7.09. The summed E-state index contributed by atoms with van der Waals surface area (Å²) in [7, 11) is -4.03. The van der Waals surface area contributed by atoms with Crippen molar-refractivity contribution in [2.75, 3.05) is 6.54 Å². The van der Waals surface area contributed by atoms with E-state index in [1.165, 1.54) is 18.2 Å². The minimum absolute atomic E-state index is 0.00382. The Morgan fingerprint density at radius 1 is 1.04 bits per heavy atom. The molecule has 2 aliphatic carbocycles. The molecule has 6 N–H and O–H groups in total. The summed E-state index contributed by atoms with van der Waals surface area (Å²) in [5.41, 5.74) is -0.429. The SMILES string of the molecule is C=CC1C[C@]1(NC(=O)[C@@H]1C[C@@H](NS(=O)(=O)c2ccccc2)CN1C(=O)N[C@H](C(=O)N[C@H](C)C1c2ccccc2C[C@H]1O)C(C)(C)C)C(=O)O. The highest BCUT2D eigenvalue weighted by Crippen LogP contribution is 2.45. The Kier molecular flexibility index (Phi) is 9.97.